The lowest BCUT2D eigenvalue weighted by Crippen LogP contribution is -2.41. The SMILES string of the molecule is NC(C1CCCC1)C1CCC2CCCCC2C1. The molecule has 98 valence electrons. The molecule has 3 fully saturated rings. The van der Waals surface area contributed by atoms with Crippen LogP contribution in [0, 0.1) is 23.7 Å². The maximum Gasteiger partial charge on any atom is 0.00957 e. The van der Waals surface area contributed by atoms with Gasteiger partial charge in [-0.25, -0.2) is 0 Å². The molecular weight excluding hydrogens is 206 g/mol. The van der Waals surface area contributed by atoms with E-state index >= 15 is 0 Å². The van der Waals surface area contributed by atoms with Gasteiger partial charge in [0.2, 0.25) is 0 Å². The van der Waals surface area contributed by atoms with Crippen molar-refractivity contribution in [3.05, 3.63) is 0 Å². The summed E-state index contributed by atoms with van der Waals surface area (Å²) in [5, 5.41) is 0. The van der Waals surface area contributed by atoms with E-state index < -0.39 is 0 Å². The van der Waals surface area contributed by atoms with Gasteiger partial charge >= 0.3 is 0 Å². The van der Waals surface area contributed by atoms with Crippen LogP contribution in [0.3, 0.4) is 0 Å². The van der Waals surface area contributed by atoms with Gasteiger partial charge in [-0.15, -0.1) is 0 Å². The van der Waals surface area contributed by atoms with Crippen molar-refractivity contribution in [3.63, 3.8) is 0 Å². The first-order chi connectivity index (χ1) is 8.34. The smallest absolute Gasteiger partial charge is 0.00957 e. The zero-order valence-corrected chi connectivity index (χ0v) is 11.2. The van der Waals surface area contributed by atoms with Crippen molar-refractivity contribution in [2.45, 2.75) is 76.7 Å². The van der Waals surface area contributed by atoms with Crippen LogP contribution >= 0.6 is 0 Å². The third-order valence-corrected chi connectivity index (χ3v) is 6.07. The second-order valence-electron chi connectivity index (χ2n) is 7.00. The fourth-order valence-corrected chi connectivity index (χ4v) is 4.99. The van der Waals surface area contributed by atoms with E-state index in [9.17, 15) is 0 Å². The van der Waals surface area contributed by atoms with Crippen LogP contribution < -0.4 is 5.73 Å². The number of hydrogen-bond acceptors (Lipinski definition) is 1. The number of nitrogens with two attached hydrogens (primary N) is 1. The van der Waals surface area contributed by atoms with Gasteiger partial charge in [0.25, 0.3) is 0 Å². The predicted molar refractivity (Wildman–Crippen MR) is 72.7 cm³/mol. The Hall–Kier alpha value is -0.0400. The third-order valence-electron chi connectivity index (χ3n) is 6.07. The van der Waals surface area contributed by atoms with Crippen LogP contribution in [0.5, 0.6) is 0 Å². The molecule has 0 spiro atoms. The monoisotopic (exact) mass is 235 g/mol. The van der Waals surface area contributed by atoms with Gasteiger partial charge in [-0.2, -0.15) is 0 Å². The first kappa shape index (κ1) is 12.0. The summed E-state index contributed by atoms with van der Waals surface area (Å²) in [5.41, 5.74) is 6.58. The molecule has 0 heterocycles. The van der Waals surface area contributed by atoms with E-state index in [0.29, 0.717) is 6.04 Å². The van der Waals surface area contributed by atoms with Crippen molar-refractivity contribution >= 4 is 0 Å². The fourth-order valence-electron chi connectivity index (χ4n) is 4.99. The standard InChI is InChI=1S/C16H29N/c17-16(13-6-2-3-7-13)15-10-9-12-5-1-4-8-14(12)11-15/h12-16H,1-11,17H2. The maximum absolute atomic E-state index is 6.58. The molecule has 0 aliphatic heterocycles. The Bertz CT molecular complexity index is 244. The Morgan fingerprint density at radius 3 is 2.06 bits per heavy atom. The molecule has 0 aromatic rings. The fraction of sp³-hybridized carbons (Fsp3) is 1.00. The minimum atomic E-state index is 0.542. The molecule has 1 nitrogen and oxygen atoms in total. The van der Waals surface area contributed by atoms with E-state index in [-0.39, 0.29) is 0 Å². The molecule has 3 rings (SSSR count). The van der Waals surface area contributed by atoms with Crippen LogP contribution in [0.1, 0.15) is 70.6 Å². The Kier molecular flexibility index (Phi) is 3.75. The van der Waals surface area contributed by atoms with Gasteiger partial charge in [-0.3, -0.25) is 0 Å². The summed E-state index contributed by atoms with van der Waals surface area (Å²) in [6, 6.07) is 0.542. The summed E-state index contributed by atoms with van der Waals surface area (Å²) in [6.07, 6.45) is 16.2. The molecule has 0 aromatic heterocycles. The second-order valence-corrected chi connectivity index (χ2v) is 7.00. The number of hydrogen-bond donors (Lipinski definition) is 1. The Labute approximate surface area is 107 Å². The molecule has 3 aliphatic rings. The van der Waals surface area contributed by atoms with Gasteiger partial charge in [0.1, 0.15) is 0 Å². The minimum absolute atomic E-state index is 0.542. The first-order valence-electron chi connectivity index (χ1n) is 8.10. The molecule has 0 amide bonds. The van der Waals surface area contributed by atoms with E-state index in [2.05, 4.69) is 0 Å². The van der Waals surface area contributed by atoms with Crippen LogP contribution in [0.2, 0.25) is 0 Å². The average Bonchev–Trinajstić information content (AvgIpc) is 2.91. The van der Waals surface area contributed by atoms with Gasteiger partial charge < -0.3 is 5.73 Å². The van der Waals surface area contributed by atoms with Gasteiger partial charge in [-0.1, -0.05) is 38.5 Å². The number of rotatable bonds is 2. The highest BCUT2D eigenvalue weighted by Crippen LogP contribution is 2.45. The molecule has 0 radical (unpaired) electrons. The van der Waals surface area contributed by atoms with Crippen LogP contribution in [-0.2, 0) is 0 Å². The van der Waals surface area contributed by atoms with Crippen molar-refractivity contribution in [3.8, 4) is 0 Å². The van der Waals surface area contributed by atoms with Gasteiger partial charge in [0.05, 0.1) is 0 Å². The molecule has 2 N–H and O–H groups in total. The summed E-state index contributed by atoms with van der Waals surface area (Å²) in [6.45, 7) is 0. The first-order valence-corrected chi connectivity index (χ1v) is 8.10. The lowest BCUT2D eigenvalue weighted by molar-refractivity contribution is 0.105. The molecule has 17 heavy (non-hydrogen) atoms. The Morgan fingerprint density at radius 1 is 0.647 bits per heavy atom. The van der Waals surface area contributed by atoms with Crippen molar-refractivity contribution < 1.29 is 0 Å². The quantitative estimate of drug-likeness (QED) is 0.766. The van der Waals surface area contributed by atoms with E-state index in [1.54, 1.807) is 0 Å². The highest BCUT2D eigenvalue weighted by Gasteiger charge is 2.36. The van der Waals surface area contributed by atoms with Crippen LogP contribution in [0.4, 0.5) is 0 Å². The van der Waals surface area contributed by atoms with Crippen molar-refractivity contribution in [2.75, 3.05) is 0 Å². The van der Waals surface area contributed by atoms with E-state index in [1.807, 2.05) is 0 Å². The maximum atomic E-state index is 6.58. The highest BCUT2D eigenvalue weighted by atomic mass is 14.7. The molecule has 4 unspecified atom stereocenters. The molecule has 0 aromatic carbocycles. The third kappa shape index (κ3) is 2.54. The molecule has 0 bridgehead atoms. The topological polar surface area (TPSA) is 26.0 Å². The van der Waals surface area contributed by atoms with Crippen molar-refractivity contribution in [1.82, 2.24) is 0 Å². The number of fused-ring (bicyclic) bond motifs is 1. The highest BCUT2D eigenvalue weighted by molar-refractivity contribution is 4.90. The molecule has 0 saturated heterocycles. The minimum Gasteiger partial charge on any atom is -0.327 e. The van der Waals surface area contributed by atoms with Crippen LogP contribution in [-0.4, -0.2) is 6.04 Å². The summed E-state index contributed by atoms with van der Waals surface area (Å²) in [5.74, 6) is 3.88. The lowest BCUT2D eigenvalue weighted by atomic mass is 9.65. The molecular formula is C16H29N. The van der Waals surface area contributed by atoms with Gasteiger partial charge in [0.15, 0.2) is 0 Å². The van der Waals surface area contributed by atoms with Crippen LogP contribution in [0.25, 0.3) is 0 Å². The summed E-state index contributed by atoms with van der Waals surface area (Å²) in [7, 11) is 0. The van der Waals surface area contributed by atoms with Gasteiger partial charge in [-0.05, 0) is 55.8 Å². The van der Waals surface area contributed by atoms with Crippen LogP contribution in [0.15, 0.2) is 0 Å². The summed E-state index contributed by atoms with van der Waals surface area (Å²) >= 11 is 0. The van der Waals surface area contributed by atoms with Crippen molar-refractivity contribution in [1.29, 1.82) is 0 Å². The molecule has 1 heteroatoms. The van der Waals surface area contributed by atoms with E-state index in [1.165, 1.54) is 70.6 Å². The Balaban J connectivity index is 1.57. The second kappa shape index (κ2) is 5.30. The normalized spacial score (nSPS) is 41.1. The van der Waals surface area contributed by atoms with E-state index in [4.69, 9.17) is 5.73 Å². The summed E-state index contributed by atoms with van der Waals surface area (Å²) in [4.78, 5) is 0. The van der Waals surface area contributed by atoms with Crippen molar-refractivity contribution in [2.24, 2.45) is 29.4 Å². The zero-order chi connectivity index (χ0) is 11.7. The summed E-state index contributed by atoms with van der Waals surface area (Å²) < 4.78 is 0. The average molecular weight is 235 g/mol. The van der Waals surface area contributed by atoms with Gasteiger partial charge in [0, 0.05) is 6.04 Å². The molecule has 4 atom stereocenters. The molecule has 3 aliphatic carbocycles. The molecule has 3 saturated carbocycles. The largest absolute Gasteiger partial charge is 0.327 e. The lowest BCUT2D eigenvalue weighted by Gasteiger charge is -2.42. The predicted octanol–water partition coefficient (Wildman–Crippen LogP) is 4.11. The Morgan fingerprint density at radius 2 is 1.29 bits per heavy atom. The van der Waals surface area contributed by atoms with E-state index in [0.717, 1.165) is 23.7 Å². The zero-order valence-electron chi connectivity index (χ0n) is 11.2.